The van der Waals surface area contributed by atoms with Gasteiger partial charge in [-0.2, -0.15) is 15.2 Å². The van der Waals surface area contributed by atoms with E-state index in [-0.39, 0.29) is 58.4 Å². The van der Waals surface area contributed by atoms with Gasteiger partial charge in [-0.1, -0.05) is 30.3 Å². The van der Waals surface area contributed by atoms with Crippen molar-refractivity contribution in [2.24, 2.45) is 0 Å². The molecule has 0 atom stereocenters. The Morgan fingerprint density at radius 1 is 1.06 bits per heavy atom. The molecule has 5 N–H and O–H groups in total. The lowest BCUT2D eigenvalue weighted by Crippen LogP contribution is -2.26. The number of aromatic nitrogens is 4. The van der Waals surface area contributed by atoms with Crippen LogP contribution in [0.25, 0.3) is 16.6 Å². The fourth-order valence-corrected chi connectivity index (χ4v) is 3.49. The second kappa shape index (κ2) is 8.88. The second-order valence-corrected chi connectivity index (χ2v) is 7.03. The van der Waals surface area contributed by atoms with Crippen molar-refractivity contribution in [1.82, 2.24) is 19.5 Å². The van der Waals surface area contributed by atoms with E-state index in [1.165, 1.54) is 22.8 Å². The van der Waals surface area contributed by atoms with E-state index in [0.717, 1.165) is 0 Å². The van der Waals surface area contributed by atoms with Gasteiger partial charge in [-0.15, -0.1) is 0 Å². The van der Waals surface area contributed by atoms with E-state index >= 15 is 0 Å². The van der Waals surface area contributed by atoms with Gasteiger partial charge in [0.15, 0.2) is 5.82 Å². The minimum Gasteiger partial charge on any atom is -0.382 e. The maximum Gasteiger partial charge on any atom is 0.265 e. The van der Waals surface area contributed by atoms with Crippen LogP contribution in [0.2, 0.25) is 0 Å². The number of nitrogens with one attached hydrogen (secondary N) is 1. The van der Waals surface area contributed by atoms with E-state index in [2.05, 4.69) is 20.3 Å². The molecule has 9 nitrogen and oxygen atoms in total. The summed E-state index contributed by atoms with van der Waals surface area (Å²) in [6.45, 7) is 0.159. The SMILES string of the molecule is N#Cc1c(N)nc(N)nc1NCCc1nc2c(C(F)F)cccc2c(=O)n1-c1ccccc1. The lowest BCUT2D eigenvalue weighted by molar-refractivity contribution is 0.153. The van der Waals surface area contributed by atoms with Gasteiger partial charge in [0.25, 0.3) is 12.0 Å². The van der Waals surface area contributed by atoms with Crippen molar-refractivity contribution < 1.29 is 8.78 Å². The van der Waals surface area contributed by atoms with Gasteiger partial charge in [0.2, 0.25) is 5.95 Å². The summed E-state index contributed by atoms with van der Waals surface area (Å²) in [6, 6.07) is 14.8. The molecule has 2 aromatic heterocycles. The first-order valence-electron chi connectivity index (χ1n) is 9.85. The second-order valence-electron chi connectivity index (χ2n) is 7.03. The number of alkyl halides is 2. The summed E-state index contributed by atoms with van der Waals surface area (Å²) in [7, 11) is 0. The van der Waals surface area contributed by atoms with Crippen LogP contribution in [0.1, 0.15) is 23.4 Å². The molecule has 11 heteroatoms. The van der Waals surface area contributed by atoms with Gasteiger partial charge < -0.3 is 16.8 Å². The standard InChI is InChI=1S/C22H18F2N8O/c23-18(24)13-7-4-8-14-17(13)29-16(32(21(14)33)12-5-2-1-3-6-12)9-10-28-20-15(11-25)19(26)30-22(27)31-20/h1-8,18H,9-10H2,(H5,26,27,28,30,31). The largest absolute Gasteiger partial charge is 0.382 e. The average molecular weight is 448 g/mol. The first-order valence-corrected chi connectivity index (χ1v) is 9.85. The van der Waals surface area contributed by atoms with E-state index < -0.39 is 12.0 Å². The van der Waals surface area contributed by atoms with Crippen LogP contribution in [0.3, 0.4) is 0 Å². The number of para-hydroxylation sites is 2. The van der Waals surface area contributed by atoms with Gasteiger partial charge in [0, 0.05) is 18.5 Å². The maximum atomic E-state index is 13.6. The van der Waals surface area contributed by atoms with Crippen LogP contribution >= 0.6 is 0 Å². The fraction of sp³-hybridized carbons (Fsp3) is 0.136. The zero-order valence-corrected chi connectivity index (χ0v) is 17.2. The molecule has 33 heavy (non-hydrogen) atoms. The van der Waals surface area contributed by atoms with Crippen LogP contribution < -0.4 is 22.3 Å². The number of halogens is 2. The first kappa shape index (κ1) is 21.6. The number of nitrogens with two attached hydrogens (primary N) is 2. The third kappa shape index (κ3) is 4.14. The van der Waals surface area contributed by atoms with Crippen LogP contribution in [0, 0.1) is 11.3 Å². The Hall–Kier alpha value is -4.59. The highest BCUT2D eigenvalue weighted by Gasteiger charge is 2.19. The van der Waals surface area contributed by atoms with Crippen LogP contribution in [-0.2, 0) is 6.42 Å². The molecule has 2 heterocycles. The van der Waals surface area contributed by atoms with Crippen LogP contribution in [0.5, 0.6) is 0 Å². The van der Waals surface area contributed by atoms with Gasteiger partial charge in [0.1, 0.15) is 23.3 Å². The molecule has 4 aromatic rings. The fourth-order valence-electron chi connectivity index (χ4n) is 3.49. The van der Waals surface area contributed by atoms with E-state index in [9.17, 15) is 18.8 Å². The first-order chi connectivity index (χ1) is 15.9. The zero-order chi connectivity index (χ0) is 23.5. The summed E-state index contributed by atoms with van der Waals surface area (Å²) in [4.78, 5) is 25.5. The number of fused-ring (bicyclic) bond motifs is 1. The highest BCUT2D eigenvalue weighted by molar-refractivity contribution is 5.81. The summed E-state index contributed by atoms with van der Waals surface area (Å²) in [5.41, 5.74) is 11.1. The summed E-state index contributed by atoms with van der Waals surface area (Å²) in [5, 5.41) is 12.4. The molecule has 0 spiro atoms. The van der Waals surface area contributed by atoms with Crippen LogP contribution in [0.4, 0.5) is 26.4 Å². The van der Waals surface area contributed by atoms with E-state index in [1.54, 1.807) is 30.3 Å². The number of nitrogen functional groups attached to an aromatic ring is 2. The molecule has 4 rings (SSSR count). The number of benzene rings is 2. The monoisotopic (exact) mass is 448 g/mol. The van der Waals surface area contributed by atoms with E-state index in [0.29, 0.717) is 5.69 Å². The lowest BCUT2D eigenvalue weighted by atomic mass is 10.1. The Morgan fingerprint density at radius 3 is 2.52 bits per heavy atom. The van der Waals surface area contributed by atoms with Crippen molar-refractivity contribution in [3.8, 4) is 11.8 Å². The van der Waals surface area contributed by atoms with Gasteiger partial charge in [-0.3, -0.25) is 9.36 Å². The Bertz CT molecular complexity index is 1430. The number of anilines is 3. The minimum absolute atomic E-state index is 0.0242. The Morgan fingerprint density at radius 2 is 1.82 bits per heavy atom. The average Bonchev–Trinajstić information content (AvgIpc) is 2.79. The predicted octanol–water partition coefficient (Wildman–Crippen LogP) is 2.80. The lowest BCUT2D eigenvalue weighted by Gasteiger charge is -2.16. The molecule has 0 fully saturated rings. The summed E-state index contributed by atoms with van der Waals surface area (Å²) >= 11 is 0. The quantitative estimate of drug-likeness (QED) is 0.408. The van der Waals surface area contributed by atoms with E-state index in [1.807, 2.05) is 6.07 Å². The Balaban J connectivity index is 1.79. The molecule has 0 aliphatic rings. The van der Waals surface area contributed by atoms with Crippen molar-refractivity contribution in [2.75, 3.05) is 23.3 Å². The minimum atomic E-state index is -2.79. The number of rotatable bonds is 6. The third-order valence-corrected chi connectivity index (χ3v) is 4.96. The Labute approximate surface area is 186 Å². The number of hydrogen-bond donors (Lipinski definition) is 3. The molecular weight excluding hydrogens is 430 g/mol. The smallest absolute Gasteiger partial charge is 0.265 e. The van der Waals surface area contributed by atoms with Crippen molar-refractivity contribution in [1.29, 1.82) is 5.26 Å². The maximum absolute atomic E-state index is 13.6. The topological polar surface area (TPSA) is 149 Å². The highest BCUT2D eigenvalue weighted by Crippen LogP contribution is 2.26. The highest BCUT2D eigenvalue weighted by atomic mass is 19.3. The Kier molecular flexibility index (Phi) is 5.82. The molecule has 0 saturated carbocycles. The van der Waals surface area contributed by atoms with Crippen molar-refractivity contribution in [3.63, 3.8) is 0 Å². The molecule has 0 saturated heterocycles. The normalized spacial score (nSPS) is 11.0. The predicted molar refractivity (Wildman–Crippen MR) is 120 cm³/mol. The molecule has 2 aromatic carbocycles. The van der Waals surface area contributed by atoms with Crippen LogP contribution in [0.15, 0.2) is 53.3 Å². The van der Waals surface area contributed by atoms with Gasteiger partial charge in [0.05, 0.1) is 16.6 Å². The molecule has 0 unspecified atom stereocenters. The summed E-state index contributed by atoms with van der Waals surface area (Å²) in [5.74, 6) is 0.206. The number of hydrogen-bond acceptors (Lipinski definition) is 8. The molecule has 0 bridgehead atoms. The zero-order valence-electron chi connectivity index (χ0n) is 17.2. The van der Waals surface area contributed by atoms with Gasteiger partial charge >= 0.3 is 0 Å². The van der Waals surface area contributed by atoms with Crippen molar-refractivity contribution >= 4 is 28.5 Å². The van der Waals surface area contributed by atoms with Gasteiger partial charge in [-0.05, 0) is 18.2 Å². The molecule has 166 valence electrons. The molecular formula is C22H18F2N8O. The van der Waals surface area contributed by atoms with Crippen molar-refractivity contribution in [2.45, 2.75) is 12.8 Å². The summed E-state index contributed by atoms with van der Waals surface area (Å²) < 4.78 is 28.6. The number of nitrogens with zero attached hydrogens (tertiary/aromatic N) is 5. The molecule has 0 radical (unpaired) electrons. The van der Waals surface area contributed by atoms with Crippen LogP contribution in [-0.4, -0.2) is 26.1 Å². The van der Waals surface area contributed by atoms with Crippen molar-refractivity contribution in [3.05, 3.63) is 75.8 Å². The van der Waals surface area contributed by atoms with Gasteiger partial charge in [-0.25, -0.2) is 13.8 Å². The molecule has 0 aliphatic heterocycles. The third-order valence-electron chi connectivity index (χ3n) is 4.96. The van der Waals surface area contributed by atoms with E-state index in [4.69, 9.17) is 11.5 Å². The molecule has 0 aliphatic carbocycles. The molecule has 0 amide bonds. The number of nitriles is 1. The summed E-state index contributed by atoms with van der Waals surface area (Å²) in [6.07, 6.45) is -2.64.